The van der Waals surface area contributed by atoms with E-state index in [9.17, 15) is 9.90 Å². The van der Waals surface area contributed by atoms with Gasteiger partial charge in [0.15, 0.2) is 11.5 Å². The van der Waals surface area contributed by atoms with Crippen LogP contribution in [-0.4, -0.2) is 31.0 Å². The zero-order valence-corrected chi connectivity index (χ0v) is 14.8. The predicted octanol–water partition coefficient (Wildman–Crippen LogP) is 1.96. The maximum absolute atomic E-state index is 12.3. The van der Waals surface area contributed by atoms with E-state index in [2.05, 4.69) is 10.3 Å². The fourth-order valence-electron chi connectivity index (χ4n) is 2.52. The molecule has 0 fully saturated rings. The Hall–Kier alpha value is -2.80. The summed E-state index contributed by atoms with van der Waals surface area (Å²) in [5.74, 6) is 0.322. The predicted molar refractivity (Wildman–Crippen MR) is 103 cm³/mol. The Morgan fingerprint density at radius 3 is 2.80 bits per heavy atom. The van der Waals surface area contributed by atoms with Gasteiger partial charge in [-0.15, -0.1) is 11.3 Å². The first-order chi connectivity index (χ1) is 12.1. The van der Waals surface area contributed by atoms with Crippen molar-refractivity contribution in [3.63, 3.8) is 0 Å². The van der Waals surface area contributed by atoms with Crippen molar-refractivity contribution < 1.29 is 14.6 Å². The summed E-state index contributed by atoms with van der Waals surface area (Å²) >= 11 is 1.57. The third-order valence-electron chi connectivity index (χ3n) is 3.84. The minimum atomic E-state index is -0.116. The molecule has 1 amide bonds. The number of ether oxygens (including phenoxy) is 1. The second-order valence-corrected chi connectivity index (χ2v) is 6.52. The molecule has 0 aliphatic rings. The lowest BCUT2D eigenvalue weighted by atomic mass is 9.88. The number of aromatic hydroxyl groups is 1. The summed E-state index contributed by atoms with van der Waals surface area (Å²) in [5.41, 5.74) is 3.50. The Morgan fingerprint density at radius 2 is 2.08 bits per heavy atom. The van der Waals surface area contributed by atoms with Crippen LogP contribution in [0, 0.1) is 0 Å². The first kappa shape index (κ1) is 17.0. The summed E-state index contributed by atoms with van der Waals surface area (Å²) in [4.78, 5) is 17.4. The Morgan fingerprint density at radius 1 is 1.32 bits per heavy atom. The standard InChI is InChI=1S/C18H17BN2O3S/c1-24-16-6-12(14(19)9-15(16)22)7-18(23)21-13-8-17(25-10-13)11-2-4-20-5-3-11/h2-6,8-10,22H,7,19H2,1H3,(H,21,23). The number of methoxy groups -OCH3 is 1. The summed E-state index contributed by atoms with van der Waals surface area (Å²) in [6.45, 7) is 0. The molecule has 3 rings (SSSR count). The van der Waals surface area contributed by atoms with Gasteiger partial charge in [-0.05, 0) is 41.5 Å². The van der Waals surface area contributed by atoms with E-state index in [1.54, 1.807) is 35.9 Å². The van der Waals surface area contributed by atoms with Crippen LogP contribution < -0.4 is 15.5 Å². The van der Waals surface area contributed by atoms with Crippen LogP contribution >= 0.6 is 11.3 Å². The van der Waals surface area contributed by atoms with Crippen LogP contribution in [0.15, 0.2) is 48.1 Å². The number of carbonyl (C=O) groups excluding carboxylic acids is 1. The number of hydrogen-bond acceptors (Lipinski definition) is 5. The van der Waals surface area contributed by atoms with Crippen LogP contribution in [0.3, 0.4) is 0 Å². The van der Waals surface area contributed by atoms with E-state index >= 15 is 0 Å². The Labute approximate surface area is 150 Å². The van der Waals surface area contributed by atoms with Crippen LogP contribution in [0.5, 0.6) is 11.5 Å². The fourth-order valence-corrected chi connectivity index (χ4v) is 3.36. The number of hydrogen-bond donors (Lipinski definition) is 2. The average molecular weight is 352 g/mol. The number of aromatic nitrogens is 1. The molecule has 25 heavy (non-hydrogen) atoms. The molecule has 1 aromatic carbocycles. The second-order valence-electron chi connectivity index (χ2n) is 5.61. The number of nitrogens with zero attached hydrogens (tertiary/aromatic N) is 1. The number of benzene rings is 1. The lowest BCUT2D eigenvalue weighted by Crippen LogP contribution is -2.20. The molecule has 0 saturated carbocycles. The molecule has 2 aromatic heterocycles. The SMILES string of the molecule is Bc1cc(O)c(OC)cc1CC(=O)Nc1csc(-c2ccncc2)c1. The number of amides is 1. The number of thiophene rings is 1. The van der Waals surface area contributed by atoms with Gasteiger partial charge >= 0.3 is 0 Å². The van der Waals surface area contributed by atoms with Crippen molar-refractivity contribution in [2.24, 2.45) is 0 Å². The molecule has 2 N–H and O–H groups in total. The van der Waals surface area contributed by atoms with Crippen molar-refractivity contribution in [2.45, 2.75) is 6.42 Å². The minimum Gasteiger partial charge on any atom is -0.504 e. The van der Waals surface area contributed by atoms with Gasteiger partial charge in [-0.2, -0.15) is 0 Å². The summed E-state index contributed by atoms with van der Waals surface area (Å²) in [7, 11) is 3.34. The van der Waals surface area contributed by atoms with Crippen molar-refractivity contribution in [3.05, 3.63) is 53.7 Å². The number of nitrogens with one attached hydrogen (secondary N) is 1. The topological polar surface area (TPSA) is 71.5 Å². The molecule has 0 radical (unpaired) electrons. The molecule has 0 bridgehead atoms. The maximum Gasteiger partial charge on any atom is 0.228 e. The summed E-state index contributed by atoms with van der Waals surface area (Å²) < 4.78 is 5.11. The molecule has 0 spiro atoms. The first-order valence-corrected chi connectivity index (χ1v) is 8.60. The lowest BCUT2D eigenvalue weighted by Gasteiger charge is -2.10. The van der Waals surface area contributed by atoms with Gasteiger partial charge in [0.25, 0.3) is 0 Å². The third-order valence-corrected chi connectivity index (χ3v) is 4.82. The monoisotopic (exact) mass is 352 g/mol. The second kappa shape index (κ2) is 7.40. The number of anilines is 1. The largest absolute Gasteiger partial charge is 0.504 e. The number of pyridine rings is 1. The van der Waals surface area contributed by atoms with Crippen LogP contribution in [0.1, 0.15) is 5.56 Å². The van der Waals surface area contributed by atoms with Gasteiger partial charge in [0.05, 0.1) is 19.2 Å². The van der Waals surface area contributed by atoms with Gasteiger partial charge in [-0.3, -0.25) is 9.78 Å². The molecule has 126 valence electrons. The number of phenols is 1. The molecule has 0 aliphatic heterocycles. The third kappa shape index (κ3) is 4.00. The van der Waals surface area contributed by atoms with Crippen LogP contribution in [-0.2, 0) is 11.2 Å². The summed E-state index contributed by atoms with van der Waals surface area (Å²) in [5, 5.41) is 14.6. The number of phenolic OH excluding ortho intramolecular Hbond substituents is 1. The highest BCUT2D eigenvalue weighted by Gasteiger charge is 2.12. The van der Waals surface area contributed by atoms with E-state index in [0.717, 1.165) is 27.2 Å². The fraction of sp³-hybridized carbons (Fsp3) is 0.111. The van der Waals surface area contributed by atoms with E-state index in [1.807, 2.05) is 31.4 Å². The van der Waals surface area contributed by atoms with Crippen LogP contribution in [0.2, 0.25) is 0 Å². The summed E-state index contributed by atoms with van der Waals surface area (Å²) in [6, 6.07) is 9.11. The van der Waals surface area contributed by atoms with Crippen LogP contribution in [0.25, 0.3) is 10.4 Å². The van der Waals surface area contributed by atoms with E-state index < -0.39 is 0 Å². The lowest BCUT2D eigenvalue weighted by molar-refractivity contribution is -0.115. The van der Waals surface area contributed by atoms with Gasteiger partial charge < -0.3 is 15.2 Å². The molecule has 0 atom stereocenters. The van der Waals surface area contributed by atoms with Crippen molar-refractivity contribution in [2.75, 3.05) is 12.4 Å². The molecule has 7 heteroatoms. The smallest absolute Gasteiger partial charge is 0.228 e. The van der Waals surface area contributed by atoms with Gasteiger partial charge in [0.1, 0.15) is 7.85 Å². The van der Waals surface area contributed by atoms with E-state index in [4.69, 9.17) is 4.74 Å². The molecule has 2 heterocycles. The van der Waals surface area contributed by atoms with E-state index in [0.29, 0.717) is 5.75 Å². The molecule has 0 aliphatic carbocycles. The highest BCUT2D eigenvalue weighted by molar-refractivity contribution is 7.14. The molecule has 0 unspecified atom stereocenters. The van der Waals surface area contributed by atoms with Gasteiger partial charge in [-0.25, -0.2) is 0 Å². The zero-order valence-electron chi connectivity index (χ0n) is 13.9. The highest BCUT2D eigenvalue weighted by Crippen LogP contribution is 2.29. The Bertz CT molecular complexity index is 897. The zero-order chi connectivity index (χ0) is 17.8. The van der Waals surface area contributed by atoms with Gasteiger partial charge in [0, 0.05) is 22.7 Å². The Balaban J connectivity index is 1.70. The normalized spacial score (nSPS) is 10.4. The Kier molecular flexibility index (Phi) is 5.04. The van der Waals surface area contributed by atoms with Crippen molar-refractivity contribution >= 4 is 36.2 Å². The number of carbonyl (C=O) groups is 1. The molecule has 0 saturated heterocycles. The van der Waals surface area contributed by atoms with Crippen molar-refractivity contribution in [1.29, 1.82) is 0 Å². The minimum absolute atomic E-state index is 0.0731. The van der Waals surface area contributed by atoms with Crippen molar-refractivity contribution in [1.82, 2.24) is 4.98 Å². The maximum atomic E-state index is 12.3. The quantitative estimate of drug-likeness (QED) is 0.689. The summed E-state index contributed by atoms with van der Waals surface area (Å²) in [6.07, 6.45) is 3.70. The molecule has 3 aromatic rings. The van der Waals surface area contributed by atoms with Crippen LogP contribution in [0.4, 0.5) is 5.69 Å². The van der Waals surface area contributed by atoms with Gasteiger partial charge in [-0.1, -0.05) is 5.46 Å². The average Bonchev–Trinajstić information content (AvgIpc) is 3.06. The van der Waals surface area contributed by atoms with E-state index in [-0.39, 0.29) is 18.1 Å². The molecular weight excluding hydrogens is 335 g/mol. The molecule has 5 nitrogen and oxygen atoms in total. The van der Waals surface area contributed by atoms with Crippen molar-refractivity contribution in [3.8, 4) is 21.9 Å². The first-order valence-electron chi connectivity index (χ1n) is 7.72. The highest BCUT2D eigenvalue weighted by atomic mass is 32.1. The van der Waals surface area contributed by atoms with E-state index in [1.165, 1.54) is 7.11 Å². The van der Waals surface area contributed by atoms with Gasteiger partial charge in [0.2, 0.25) is 5.91 Å². The molecular formula is C18H17BN2O3S. The number of rotatable bonds is 5.